The predicted molar refractivity (Wildman–Crippen MR) is 155 cm³/mol. The second-order valence-corrected chi connectivity index (χ2v) is 13.1. The number of phenolic OH excluding ortho intramolecular Hbond substituents is 1. The maximum Gasteiger partial charge on any atom is 0.410 e. The molecule has 1 saturated heterocycles. The van der Waals surface area contributed by atoms with E-state index in [0.29, 0.717) is 42.9 Å². The third-order valence-corrected chi connectivity index (χ3v) is 8.12. The zero-order chi connectivity index (χ0) is 27.9. The van der Waals surface area contributed by atoms with Gasteiger partial charge in [-0.2, -0.15) is 5.10 Å². The molecule has 1 aliphatic rings. The van der Waals surface area contributed by atoms with Crippen LogP contribution in [0.1, 0.15) is 44.0 Å². The van der Waals surface area contributed by atoms with Crippen LogP contribution < -0.4 is 4.90 Å². The van der Waals surface area contributed by atoms with Crippen LogP contribution >= 0.6 is 27.3 Å². The van der Waals surface area contributed by atoms with Crippen LogP contribution in [0.3, 0.4) is 0 Å². The lowest BCUT2D eigenvalue weighted by atomic mass is 10.0. The zero-order valence-electron chi connectivity index (χ0n) is 22.2. The van der Waals surface area contributed by atoms with E-state index >= 15 is 0 Å². The molecule has 9 nitrogen and oxygen atoms in total. The van der Waals surface area contributed by atoms with Crippen molar-refractivity contribution in [2.75, 3.05) is 18.0 Å². The molecular weight excluding hydrogens is 582 g/mol. The van der Waals surface area contributed by atoms with Gasteiger partial charge in [-0.25, -0.2) is 9.78 Å². The van der Waals surface area contributed by atoms with Crippen LogP contribution in [0.25, 0.3) is 21.2 Å². The Balaban J connectivity index is 1.53. The van der Waals surface area contributed by atoms with E-state index in [-0.39, 0.29) is 17.7 Å². The summed E-state index contributed by atoms with van der Waals surface area (Å²) in [4.78, 5) is 35.1. The van der Waals surface area contributed by atoms with E-state index in [9.17, 15) is 14.7 Å². The van der Waals surface area contributed by atoms with Gasteiger partial charge in [0.15, 0.2) is 0 Å². The number of anilines is 1. The summed E-state index contributed by atoms with van der Waals surface area (Å²) in [5.41, 5.74) is 1.04. The third-order valence-electron chi connectivity index (χ3n) is 6.52. The number of halogens is 1. The van der Waals surface area contributed by atoms with Gasteiger partial charge in [0, 0.05) is 59.3 Å². The molecule has 204 valence electrons. The summed E-state index contributed by atoms with van der Waals surface area (Å²) in [6.07, 6.45) is 6.15. The quantitative estimate of drug-likeness (QED) is 0.294. The number of aromatic hydroxyl groups is 1. The normalized spacial score (nSPS) is 15.9. The number of carbonyl (C=O) groups excluding carboxylic acids is 2. The van der Waals surface area contributed by atoms with Crippen molar-refractivity contribution < 1.29 is 19.4 Å². The van der Waals surface area contributed by atoms with Crippen molar-refractivity contribution in [1.29, 1.82) is 0 Å². The molecule has 0 radical (unpaired) electrons. The molecule has 39 heavy (non-hydrogen) atoms. The molecule has 3 aromatic heterocycles. The van der Waals surface area contributed by atoms with Gasteiger partial charge >= 0.3 is 6.09 Å². The topological polar surface area (TPSA) is 101 Å². The Morgan fingerprint density at radius 2 is 2.03 bits per heavy atom. The number of piperidine rings is 1. The monoisotopic (exact) mass is 611 g/mol. The van der Waals surface area contributed by atoms with Gasteiger partial charge in [-0.05, 0) is 79.9 Å². The highest BCUT2D eigenvalue weighted by atomic mass is 79.9. The summed E-state index contributed by atoms with van der Waals surface area (Å²) >= 11 is 5.12. The van der Waals surface area contributed by atoms with Gasteiger partial charge in [-0.3, -0.25) is 14.4 Å². The number of nitrogens with zero attached hydrogens (tertiary/aromatic N) is 5. The van der Waals surface area contributed by atoms with E-state index in [1.165, 1.54) is 6.07 Å². The number of hydrogen-bond donors (Lipinski definition) is 1. The molecule has 0 bridgehead atoms. The number of benzene rings is 1. The molecule has 4 heterocycles. The Morgan fingerprint density at radius 1 is 1.23 bits per heavy atom. The standard InChI is InChI=1S/C28H30BrN5O4S/c1-28(2,3)38-27(37)33-11-5-6-19(16-33)34(25-21-13-24(29)39-23(21)9-10-30-25)26(36)17-7-8-20(22(35)12-17)18-14-31-32(4)15-18/h7-10,12-15,19,35H,5-6,11,16H2,1-4H3/t19-/m1/s1. The molecule has 1 aromatic carbocycles. The molecular formula is C28H30BrN5O4S. The lowest BCUT2D eigenvalue weighted by molar-refractivity contribution is 0.0196. The van der Waals surface area contributed by atoms with Gasteiger partial charge in [-0.15, -0.1) is 11.3 Å². The average Bonchev–Trinajstić information content (AvgIpc) is 3.48. The summed E-state index contributed by atoms with van der Waals surface area (Å²) in [6.45, 7) is 6.37. The summed E-state index contributed by atoms with van der Waals surface area (Å²) in [6, 6.07) is 8.45. The smallest absolute Gasteiger partial charge is 0.410 e. The SMILES string of the molecule is Cn1cc(-c2ccc(C(=O)N(c3nccc4sc(Br)cc34)[C@@H]3CCCN(C(=O)OC(C)(C)C)C3)cc2O)cn1. The fourth-order valence-electron chi connectivity index (χ4n) is 4.81. The molecule has 0 unspecified atom stereocenters. The lowest BCUT2D eigenvalue weighted by Gasteiger charge is -2.39. The number of carbonyl (C=O) groups is 2. The Kier molecular flexibility index (Phi) is 7.39. The van der Waals surface area contributed by atoms with Crippen molar-refractivity contribution in [2.24, 2.45) is 7.05 Å². The number of hydrogen-bond acceptors (Lipinski definition) is 7. The molecule has 2 amide bonds. The van der Waals surface area contributed by atoms with Crippen LogP contribution in [0.5, 0.6) is 5.75 Å². The van der Waals surface area contributed by atoms with Gasteiger partial charge in [0.1, 0.15) is 17.2 Å². The van der Waals surface area contributed by atoms with Crippen LogP contribution in [0.4, 0.5) is 10.6 Å². The first-order valence-electron chi connectivity index (χ1n) is 12.7. The molecule has 1 atom stereocenters. The van der Waals surface area contributed by atoms with Gasteiger partial charge in [0.25, 0.3) is 5.91 Å². The molecule has 11 heteroatoms. The third kappa shape index (κ3) is 5.79. The number of aromatic nitrogens is 3. The van der Waals surface area contributed by atoms with E-state index in [0.717, 1.165) is 19.4 Å². The maximum absolute atomic E-state index is 14.2. The summed E-state index contributed by atoms with van der Waals surface area (Å²) in [5, 5.41) is 15.9. The Hall–Kier alpha value is -3.44. The van der Waals surface area contributed by atoms with Crippen LogP contribution in [-0.4, -0.2) is 61.5 Å². The molecule has 0 saturated carbocycles. The van der Waals surface area contributed by atoms with Crippen molar-refractivity contribution >= 4 is 55.2 Å². The molecule has 0 aliphatic carbocycles. The Morgan fingerprint density at radius 3 is 2.72 bits per heavy atom. The number of fused-ring (bicyclic) bond motifs is 1. The maximum atomic E-state index is 14.2. The lowest BCUT2D eigenvalue weighted by Crippen LogP contribution is -2.53. The fraction of sp³-hybridized carbons (Fsp3) is 0.357. The van der Waals surface area contributed by atoms with E-state index in [1.807, 2.05) is 32.9 Å². The largest absolute Gasteiger partial charge is 0.507 e. The van der Waals surface area contributed by atoms with Gasteiger partial charge in [-0.1, -0.05) is 0 Å². The van der Waals surface area contributed by atoms with Crippen LogP contribution in [0, 0.1) is 0 Å². The first-order chi connectivity index (χ1) is 18.5. The predicted octanol–water partition coefficient (Wildman–Crippen LogP) is 6.21. The highest BCUT2D eigenvalue weighted by Crippen LogP contribution is 2.37. The molecule has 0 spiro atoms. The van der Waals surface area contributed by atoms with E-state index in [1.54, 1.807) is 63.6 Å². The number of aryl methyl sites for hydroxylation is 1. The first-order valence-corrected chi connectivity index (χ1v) is 14.3. The van der Waals surface area contributed by atoms with Gasteiger partial charge in [0.05, 0.1) is 16.0 Å². The minimum absolute atomic E-state index is 0.0164. The molecule has 1 N–H and O–H groups in total. The second-order valence-electron chi connectivity index (χ2n) is 10.6. The van der Waals surface area contributed by atoms with Gasteiger partial charge in [0.2, 0.25) is 0 Å². The van der Waals surface area contributed by atoms with Gasteiger partial charge < -0.3 is 14.7 Å². The number of ether oxygens (including phenoxy) is 1. The average molecular weight is 613 g/mol. The summed E-state index contributed by atoms with van der Waals surface area (Å²) in [5.74, 6) is 0.199. The Bertz CT molecular complexity index is 1540. The van der Waals surface area contributed by atoms with Crippen molar-refractivity contribution in [1.82, 2.24) is 19.7 Å². The molecule has 5 rings (SSSR count). The van der Waals surface area contributed by atoms with Crippen LogP contribution in [0.15, 0.2) is 52.7 Å². The number of thiophene rings is 1. The number of pyridine rings is 1. The van der Waals surface area contributed by atoms with Crippen molar-refractivity contribution in [3.63, 3.8) is 0 Å². The minimum atomic E-state index is -0.622. The van der Waals surface area contributed by atoms with E-state index < -0.39 is 11.7 Å². The number of rotatable bonds is 4. The molecule has 1 fully saturated rings. The zero-order valence-corrected chi connectivity index (χ0v) is 24.6. The van der Waals surface area contributed by atoms with Crippen molar-refractivity contribution in [3.05, 3.63) is 58.3 Å². The minimum Gasteiger partial charge on any atom is -0.507 e. The second kappa shape index (κ2) is 10.6. The van der Waals surface area contributed by atoms with E-state index in [2.05, 4.69) is 26.0 Å². The van der Waals surface area contributed by atoms with Crippen molar-refractivity contribution in [3.8, 4) is 16.9 Å². The van der Waals surface area contributed by atoms with Crippen LogP contribution in [-0.2, 0) is 11.8 Å². The summed E-state index contributed by atoms with van der Waals surface area (Å²) in [7, 11) is 1.80. The number of phenols is 1. The fourth-order valence-corrected chi connectivity index (χ4v) is 6.34. The van der Waals surface area contributed by atoms with Crippen molar-refractivity contribution in [2.45, 2.75) is 45.3 Å². The highest BCUT2D eigenvalue weighted by molar-refractivity contribution is 9.11. The molecule has 1 aliphatic heterocycles. The first kappa shape index (κ1) is 27.1. The Labute approximate surface area is 239 Å². The van der Waals surface area contributed by atoms with Crippen LogP contribution in [0.2, 0.25) is 0 Å². The highest BCUT2D eigenvalue weighted by Gasteiger charge is 2.35. The number of amides is 2. The summed E-state index contributed by atoms with van der Waals surface area (Å²) < 4.78 is 9.19. The van der Waals surface area contributed by atoms with E-state index in [4.69, 9.17) is 4.74 Å². The number of likely N-dealkylation sites (tertiary alicyclic amines) is 1. The molecule has 4 aromatic rings.